The molecule has 8 heteroatoms. The number of pyridine rings is 1. The van der Waals surface area contributed by atoms with E-state index in [-0.39, 0.29) is 24.4 Å². The SMILES string of the molecule is COc1ccc(-n2cccc2[C@H]2[C@H](c3ccccn3)NC(=S)N2CCC(=O)Nc2cccc3ccccc23)cc1. The smallest absolute Gasteiger partial charge is 0.226 e. The van der Waals surface area contributed by atoms with Crippen molar-refractivity contribution < 1.29 is 9.53 Å². The molecule has 0 aliphatic carbocycles. The summed E-state index contributed by atoms with van der Waals surface area (Å²) in [6.07, 6.45) is 4.11. The Bertz CT molecular complexity index is 1650. The van der Waals surface area contributed by atoms with Crippen molar-refractivity contribution in [3.05, 3.63) is 121 Å². The second-order valence-electron chi connectivity index (χ2n) is 9.65. The van der Waals surface area contributed by atoms with E-state index in [1.807, 2.05) is 97.2 Å². The van der Waals surface area contributed by atoms with E-state index < -0.39 is 0 Å². The maximum Gasteiger partial charge on any atom is 0.226 e. The predicted molar refractivity (Wildman–Crippen MR) is 162 cm³/mol. The second-order valence-corrected chi connectivity index (χ2v) is 10.0. The van der Waals surface area contributed by atoms with Crippen LogP contribution in [0, 0.1) is 0 Å². The molecular weight excluding hydrogens is 518 g/mol. The fraction of sp³-hybridized carbons (Fsp3) is 0.156. The van der Waals surface area contributed by atoms with Crippen molar-refractivity contribution in [2.75, 3.05) is 19.0 Å². The third-order valence-electron chi connectivity index (χ3n) is 7.28. The Morgan fingerprint density at radius 2 is 1.77 bits per heavy atom. The average molecular weight is 548 g/mol. The van der Waals surface area contributed by atoms with Gasteiger partial charge in [0.1, 0.15) is 5.75 Å². The van der Waals surface area contributed by atoms with Crippen LogP contribution in [0.4, 0.5) is 5.69 Å². The molecule has 6 rings (SSSR count). The summed E-state index contributed by atoms with van der Waals surface area (Å²) in [5.74, 6) is 0.732. The first-order valence-corrected chi connectivity index (χ1v) is 13.6. The number of ether oxygens (including phenoxy) is 1. The number of rotatable bonds is 8. The third kappa shape index (κ3) is 5.01. The number of hydrogen-bond acceptors (Lipinski definition) is 4. The van der Waals surface area contributed by atoms with E-state index in [4.69, 9.17) is 17.0 Å². The Hall–Kier alpha value is -4.69. The molecule has 0 spiro atoms. The van der Waals surface area contributed by atoms with E-state index in [1.54, 1.807) is 13.3 Å². The molecule has 200 valence electrons. The van der Waals surface area contributed by atoms with Gasteiger partial charge in [0.2, 0.25) is 5.91 Å². The van der Waals surface area contributed by atoms with Crippen LogP contribution in [-0.2, 0) is 4.79 Å². The number of amides is 1. The zero-order valence-electron chi connectivity index (χ0n) is 22.0. The van der Waals surface area contributed by atoms with Gasteiger partial charge in [0.05, 0.1) is 24.9 Å². The summed E-state index contributed by atoms with van der Waals surface area (Å²) in [4.78, 5) is 19.9. The van der Waals surface area contributed by atoms with Gasteiger partial charge in [-0.1, -0.05) is 42.5 Å². The van der Waals surface area contributed by atoms with Crippen molar-refractivity contribution in [3.63, 3.8) is 0 Å². The highest BCUT2D eigenvalue weighted by Crippen LogP contribution is 2.39. The molecule has 5 aromatic rings. The lowest BCUT2D eigenvalue weighted by molar-refractivity contribution is -0.116. The monoisotopic (exact) mass is 547 g/mol. The second kappa shape index (κ2) is 11.2. The minimum atomic E-state index is -0.179. The van der Waals surface area contributed by atoms with Crippen LogP contribution in [0.15, 0.2) is 109 Å². The molecule has 40 heavy (non-hydrogen) atoms. The summed E-state index contributed by atoms with van der Waals surface area (Å²) in [5.41, 5.74) is 3.75. The first-order chi connectivity index (χ1) is 19.6. The summed E-state index contributed by atoms with van der Waals surface area (Å²) in [6.45, 7) is 0.449. The number of nitrogens with one attached hydrogen (secondary N) is 2. The summed E-state index contributed by atoms with van der Waals surface area (Å²) in [6, 6.07) is 31.6. The quantitative estimate of drug-likeness (QED) is 0.231. The average Bonchev–Trinajstić information content (AvgIpc) is 3.61. The van der Waals surface area contributed by atoms with Crippen molar-refractivity contribution in [3.8, 4) is 11.4 Å². The number of thiocarbonyl (C=S) groups is 1. The number of carbonyl (C=O) groups excluding carboxylic acids is 1. The Balaban J connectivity index is 1.28. The van der Waals surface area contributed by atoms with Crippen molar-refractivity contribution in [1.29, 1.82) is 0 Å². The molecule has 0 saturated carbocycles. The van der Waals surface area contributed by atoms with E-state index in [0.29, 0.717) is 11.7 Å². The number of benzene rings is 3. The molecule has 0 radical (unpaired) electrons. The van der Waals surface area contributed by atoms with Crippen molar-refractivity contribution in [2.24, 2.45) is 0 Å². The number of carbonyl (C=O) groups is 1. The highest BCUT2D eigenvalue weighted by molar-refractivity contribution is 7.80. The first kappa shape index (κ1) is 25.6. The van der Waals surface area contributed by atoms with Gasteiger partial charge < -0.3 is 24.8 Å². The predicted octanol–water partition coefficient (Wildman–Crippen LogP) is 6.04. The lowest BCUT2D eigenvalue weighted by Gasteiger charge is -2.29. The molecule has 1 aliphatic rings. The van der Waals surface area contributed by atoms with Gasteiger partial charge >= 0.3 is 0 Å². The van der Waals surface area contributed by atoms with Gasteiger partial charge in [-0.25, -0.2) is 0 Å². The number of nitrogens with zero attached hydrogens (tertiary/aromatic N) is 3. The largest absolute Gasteiger partial charge is 0.497 e. The van der Waals surface area contributed by atoms with E-state index in [1.165, 1.54) is 0 Å². The Morgan fingerprint density at radius 1 is 0.975 bits per heavy atom. The first-order valence-electron chi connectivity index (χ1n) is 13.2. The maximum absolute atomic E-state index is 13.2. The summed E-state index contributed by atoms with van der Waals surface area (Å²) in [7, 11) is 1.66. The molecule has 2 N–H and O–H groups in total. The highest BCUT2D eigenvalue weighted by Gasteiger charge is 2.41. The molecule has 1 amide bonds. The molecule has 2 atom stereocenters. The summed E-state index contributed by atoms with van der Waals surface area (Å²) >= 11 is 5.84. The molecule has 2 aromatic heterocycles. The molecular formula is C32H29N5O2S. The normalized spacial score (nSPS) is 16.6. The van der Waals surface area contributed by atoms with Gasteiger partial charge in [0, 0.05) is 47.8 Å². The van der Waals surface area contributed by atoms with Crippen LogP contribution in [0.25, 0.3) is 16.5 Å². The number of aromatic nitrogens is 2. The van der Waals surface area contributed by atoms with Crippen LogP contribution >= 0.6 is 12.2 Å². The van der Waals surface area contributed by atoms with Crippen molar-refractivity contribution in [1.82, 2.24) is 19.8 Å². The molecule has 1 aliphatic heterocycles. The molecule has 1 saturated heterocycles. The van der Waals surface area contributed by atoms with Crippen LogP contribution in [0.5, 0.6) is 5.75 Å². The number of hydrogen-bond donors (Lipinski definition) is 2. The molecule has 7 nitrogen and oxygen atoms in total. The standard InChI is InChI=1S/C32H29N5O2S/c1-39-24-16-14-23(15-17-24)36-20-7-13-28(36)31-30(27-11-4-5-19-33-27)35-32(40)37(31)21-18-29(38)34-26-12-6-9-22-8-2-3-10-25(22)26/h2-17,19-20,30-31H,18,21H2,1H3,(H,34,38)(H,35,40)/t30-,31-/m0/s1. The van der Waals surface area contributed by atoms with Crippen molar-refractivity contribution in [2.45, 2.75) is 18.5 Å². The van der Waals surface area contributed by atoms with E-state index in [2.05, 4.69) is 31.2 Å². The van der Waals surface area contributed by atoms with Crippen LogP contribution in [0.1, 0.15) is 29.9 Å². The van der Waals surface area contributed by atoms with Gasteiger partial charge in [-0.3, -0.25) is 9.78 Å². The van der Waals surface area contributed by atoms with Gasteiger partial charge in [-0.05, 0) is 72.2 Å². The lowest BCUT2D eigenvalue weighted by Crippen LogP contribution is -2.33. The van der Waals surface area contributed by atoms with Gasteiger partial charge in [0.15, 0.2) is 5.11 Å². The third-order valence-corrected chi connectivity index (χ3v) is 7.63. The lowest BCUT2D eigenvalue weighted by atomic mass is 10.0. The maximum atomic E-state index is 13.2. The van der Waals surface area contributed by atoms with E-state index >= 15 is 0 Å². The van der Waals surface area contributed by atoms with Crippen molar-refractivity contribution >= 4 is 39.7 Å². The van der Waals surface area contributed by atoms with Gasteiger partial charge in [0.25, 0.3) is 0 Å². The van der Waals surface area contributed by atoms with E-state index in [9.17, 15) is 4.79 Å². The number of anilines is 1. The number of fused-ring (bicyclic) bond motifs is 1. The fourth-order valence-corrected chi connectivity index (χ4v) is 5.68. The van der Waals surface area contributed by atoms with Crippen LogP contribution < -0.4 is 15.4 Å². The van der Waals surface area contributed by atoms with Gasteiger partial charge in [-0.2, -0.15) is 0 Å². The van der Waals surface area contributed by atoms with Crippen LogP contribution in [0.3, 0.4) is 0 Å². The Morgan fingerprint density at radius 3 is 2.58 bits per heavy atom. The zero-order chi connectivity index (χ0) is 27.5. The Kier molecular flexibility index (Phi) is 7.16. The molecule has 1 fully saturated rings. The summed E-state index contributed by atoms with van der Waals surface area (Å²) in [5, 5.41) is 9.29. The minimum absolute atomic E-state index is 0.0651. The molecule has 3 heterocycles. The Labute approximate surface area is 238 Å². The van der Waals surface area contributed by atoms with Crippen LogP contribution in [0.2, 0.25) is 0 Å². The topological polar surface area (TPSA) is 71.4 Å². The highest BCUT2D eigenvalue weighted by atomic mass is 32.1. The molecule has 0 unspecified atom stereocenters. The molecule has 0 bridgehead atoms. The number of methoxy groups -OCH3 is 1. The molecule has 3 aromatic carbocycles. The van der Waals surface area contributed by atoms with E-state index in [0.717, 1.165) is 39.3 Å². The zero-order valence-corrected chi connectivity index (χ0v) is 22.8. The van der Waals surface area contributed by atoms with Gasteiger partial charge in [-0.15, -0.1) is 0 Å². The summed E-state index contributed by atoms with van der Waals surface area (Å²) < 4.78 is 7.50. The fourth-order valence-electron chi connectivity index (χ4n) is 5.35. The minimum Gasteiger partial charge on any atom is -0.497 e. The van der Waals surface area contributed by atoms with Crippen LogP contribution in [-0.4, -0.2) is 39.1 Å².